The predicted molar refractivity (Wildman–Crippen MR) is 66.8 cm³/mol. The molecule has 1 heterocycles. The Labute approximate surface area is 99.4 Å². The fraction of sp³-hybridized carbons (Fsp3) is 0.500. The summed E-state index contributed by atoms with van der Waals surface area (Å²) in [5, 5.41) is 0. The van der Waals surface area contributed by atoms with Gasteiger partial charge >= 0.3 is 0 Å². The fourth-order valence-corrected chi connectivity index (χ4v) is 2.49. The van der Waals surface area contributed by atoms with E-state index < -0.39 is 0 Å². The highest BCUT2D eigenvalue weighted by molar-refractivity contribution is 9.10. The van der Waals surface area contributed by atoms with Crippen LogP contribution in [0.4, 0.5) is 5.69 Å². The highest BCUT2D eigenvalue weighted by Crippen LogP contribution is 2.31. The maximum absolute atomic E-state index is 5.25. The van der Waals surface area contributed by atoms with E-state index in [4.69, 9.17) is 4.74 Å². The van der Waals surface area contributed by atoms with Crippen molar-refractivity contribution in [1.29, 1.82) is 0 Å². The van der Waals surface area contributed by atoms with Crippen molar-refractivity contribution >= 4 is 21.6 Å². The van der Waals surface area contributed by atoms with Crippen LogP contribution in [-0.2, 0) is 0 Å². The predicted octanol–water partition coefficient (Wildman–Crippen LogP) is 3.45. The summed E-state index contributed by atoms with van der Waals surface area (Å²) >= 11 is 3.60. The van der Waals surface area contributed by atoms with E-state index >= 15 is 0 Å². The number of hydrogen-bond acceptors (Lipinski definition) is 2. The first-order chi connectivity index (χ1) is 7.31. The first-order valence-electron chi connectivity index (χ1n) is 5.40. The van der Waals surface area contributed by atoms with E-state index in [0.717, 1.165) is 23.3 Å². The third kappa shape index (κ3) is 2.46. The van der Waals surface area contributed by atoms with Gasteiger partial charge in [-0.3, -0.25) is 0 Å². The van der Waals surface area contributed by atoms with Crippen molar-refractivity contribution in [2.24, 2.45) is 0 Å². The molecule has 15 heavy (non-hydrogen) atoms. The monoisotopic (exact) mass is 269 g/mol. The van der Waals surface area contributed by atoms with Gasteiger partial charge in [0.25, 0.3) is 0 Å². The summed E-state index contributed by atoms with van der Waals surface area (Å²) < 4.78 is 6.41. The molecule has 0 amide bonds. The molecule has 2 nitrogen and oxygen atoms in total. The zero-order chi connectivity index (χ0) is 10.7. The molecular weight excluding hydrogens is 254 g/mol. The van der Waals surface area contributed by atoms with Gasteiger partial charge in [-0.05, 0) is 47.3 Å². The lowest BCUT2D eigenvalue weighted by molar-refractivity contribution is 0.414. The van der Waals surface area contributed by atoms with Gasteiger partial charge in [0.15, 0.2) is 0 Å². The second kappa shape index (κ2) is 4.88. The summed E-state index contributed by atoms with van der Waals surface area (Å²) in [6, 6.07) is 6.15. The molecular formula is C12H16BrNO. The van der Waals surface area contributed by atoms with Gasteiger partial charge in [0.2, 0.25) is 0 Å². The lowest BCUT2D eigenvalue weighted by Crippen LogP contribution is -2.29. The zero-order valence-corrected chi connectivity index (χ0v) is 10.6. The summed E-state index contributed by atoms with van der Waals surface area (Å²) in [5.74, 6) is 0.929. The summed E-state index contributed by atoms with van der Waals surface area (Å²) in [7, 11) is 1.71. The van der Waals surface area contributed by atoms with Gasteiger partial charge in [0.05, 0.1) is 12.8 Å². The van der Waals surface area contributed by atoms with Gasteiger partial charge in [-0.25, -0.2) is 0 Å². The van der Waals surface area contributed by atoms with Crippen molar-refractivity contribution < 1.29 is 4.74 Å². The van der Waals surface area contributed by atoms with Crippen molar-refractivity contribution in [2.45, 2.75) is 19.3 Å². The molecule has 0 radical (unpaired) electrons. The first kappa shape index (κ1) is 10.8. The Morgan fingerprint density at radius 3 is 2.60 bits per heavy atom. The lowest BCUT2D eigenvalue weighted by Gasteiger charge is -2.29. The van der Waals surface area contributed by atoms with E-state index in [9.17, 15) is 0 Å². The molecule has 0 unspecified atom stereocenters. The minimum atomic E-state index is 0.929. The Kier molecular flexibility index (Phi) is 3.52. The molecule has 1 aromatic rings. The summed E-state index contributed by atoms with van der Waals surface area (Å²) in [6.07, 6.45) is 3.95. The van der Waals surface area contributed by atoms with E-state index in [1.807, 2.05) is 6.07 Å². The third-order valence-corrected chi connectivity index (χ3v) is 3.52. The molecule has 3 heteroatoms. The maximum atomic E-state index is 5.25. The number of nitrogens with zero attached hydrogens (tertiary/aromatic N) is 1. The number of benzene rings is 1. The number of anilines is 1. The second-order valence-electron chi connectivity index (χ2n) is 3.87. The molecule has 0 aromatic heterocycles. The molecule has 0 N–H and O–H groups in total. The fourth-order valence-electron chi connectivity index (χ4n) is 2.00. The Morgan fingerprint density at radius 2 is 1.93 bits per heavy atom. The Balaban J connectivity index is 2.24. The molecule has 0 saturated carbocycles. The van der Waals surface area contributed by atoms with Crippen LogP contribution in [-0.4, -0.2) is 20.2 Å². The van der Waals surface area contributed by atoms with E-state index in [2.05, 4.69) is 33.0 Å². The molecule has 0 bridgehead atoms. The van der Waals surface area contributed by atoms with Gasteiger partial charge < -0.3 is 9.64 Å². The Hall–Kier alpha value is -0.700. The number of hydrogen-bond donors (Lipinski definition) is 0. The number of rotatable bonds is 2. The van der Waals surface area contributed by atoms with Crippen LogP contribution < -0.4 is 9.64 Å². The van der Waals surface area contributed by atoms with E-state index in [1.54, 1.807) is 7.11 Å². The number of ether oxygens (including phenoxy) is 1. The van der Waals surface area contributed by atoms with Gasteiger partial charge in [-0.1, -0.05) is 0 Å². The van der Waals surface area contributed by atoms with Crippen LogP contribution in [0, 0.1) is 0 Å². The van der Waals surface area contributed by atoms with Crippen LogP contribution in [0.5, 0.6) is 5.75 Å². The average molecular weight is 270 g/mol. The van der Waals surface area contributed by atoms with Crippen LogP contribution >= 0.6 is 15.9 Å². The minimum absolute atomic E-state index is 0.929. The molecule has 1 aromatic carbocycles. The molecule has 1 aliphatic heterocycles. The summed E-state index contributed by atoms with van der Waals surface area (Å²) in [4.78, 5) is 2.43. The molecule has 1 fully saturated rings. The van der Waals surface area contributed by atoms with Crippen molar-refractivity contribution in [3.63, 3.8) is 0 Å². The second-order valence-corrected chi connectivity index (χ2v) is 4.72. The van der Waals surface area contributed by atoms with E-state index in [-0.39, 0.29) is 0 Å². The van der Waals surface area contributed by atoms with Gasteiger partial charge in [-0.15, -0.1) is 0 Å². The number of piperidine rings is 1. The number of halogens is 1. The highest BCUT2D eigenvalue weighted by Gasteiger charge is 2.14. The summed E-state index contributed by atoms with van der Waals surface area (Å²) in [5.41, 5.74) is 1.26. The molecule has 1 saturated heterocycles. The Bertz CT molecular complexity index is 334. The SMILES string of the molecule is COc1ccc(Br)c(N2CCCCC2)c1. The van der Waals surface area contributed by atoms with E-state index in [0.29, 0.717) is 0 Å². The molecule has 0 aliphatic carbocycles. The Morgan fingerprint density at radius 1 is 1.20 bits per heavy atom. The first-order valence-corrected chi connectivity index (χ1v) is 6.19. The maximum Gasteiger partial charge on any atom is 0.121 e. The van der Waals surface area contributed by atoms with Crippen molar-refractivity contribution in [3.05, 3.63) is 22.7 Å². The molecule has 0 atom stereocenters. The number of methoxy groups -OCH3 is 1. The molecule has 82 valence electrons. The minimum Gasteiger partial charge on any atom is -0.497 e. The van der Waals surface area contributed by atoms with Crippen LogP contribution in [0.15, 0.2) is 22.7 Å². The van der Waals surface area contributed by atoms with Gasteiger partial charge in [0.1, 0.15) is 5.75 Å². The largest absolute Gasteiger partial charge is 0.497 e. The molecule has 2 rings (SSSR count). The van der Waals surface area contributed by atoms with Crippen LogP contribution in [0.3, 0.4) is 0 Å². The topological polar surface area (TPSA) is 12.5 Å². The summed E-state index contributed by atoms with van der Waals surface area (Å²) in [6.45, 7) is 2.32. The van der Waals surface area contributed by atoms with Crippen LogP contribution in [0.2, 0.25) is 0 Å². The van der Waals surface area contributed by atoms with E-state index in [1.165, 1.54) is 24.9 Å². The molecule has 0 spiro atoms. The van der Waals surface area contributed by atoms with Gasteiger partial charge in [-0.2, -0.15) is 0 Å². The third-order valence-electron chi connectivity index (χ3n) is 2.85. The van der Waals surface area contributed by atoms with Crippen molar-refractivity contribution in [3.8, 4) is 5.75 Å². The molecule has 1 aliphatic rings. The smallest absolute Gasteiger partial charge is 0.121 e. The average Bonchev–Trinajstić information content (AvgIpc) is 2.31. The lowest BCUT2D eigenvalue weighted by atomic mass is 10.1. The normalized spacial score (nSPS) is 16.5. The van der Waals surface area contributed by atoms with Gasteiger partial charge in [0, 0.05) is 23.6 Å². The highest BCUT2D eigenvalue weighted by atomic mass is 79.9. The van der Waals surface area contributed by atoms with Crippen LogP contribution in [0.25, 0.3) is 0 Å². The van der Waals surface area contributed by atoms with Crippen molar-refractivity contribution in [2.75, 3.05) is 25.1 Å². The van der Waals surface area contributed by atoms with Crippen molar-refractivity contribution in [1.82, 2.24) is 0 Å². The zero-order valence-electron chi connectivity index (χ0n) is 9.00. The quantitative estimate of drug-likeness (QED) is 0.816. The van der Waals surface area contributed by atoms with Crippen LogP contribution in [0.1, 0.15) is 19.3 Å². The standard InChI is InChI=1S/C12H16BrNO/c1-15-10-5-6-11(13)12(9-10)14-7-3-2-4-8-14/h5-6,9H,2-4,7-8H2,1H3.